The summed E-state index contributed by atoms with van der Waals surface area (Å²) < 4.78 is 8.87. The third-order valence-corrected chi connectivity index (χ3v) is 14.5. The standard InChI is InChI=1S/C44H55NO4/c1-12-24(4)14-13-18-42(9)30-16-15-25-20-28-27-21-26-29-22-40(5,6)49-41(7,8)34(29)37(47)32(26)33-36(27)45(35(23(2)3)38(33)48)39(28)44(25,11)43(30,10)19-17-31(42)46/h13-14,18,21-22,30-31,35,37,46-47H,2,12,15-17,19-20H2,1,3-11H3/b18-13+,24-14+/t30-,31-,35-,37+,42-,43-,44+/m0/s1. The molecule has 7 atom stereocenters. The lowest BCUT2D eigenvalue weighted by molar-refractivity contribution is -0.122. The zero-order valence-electron chi connectivity index (χ0n) is 31.3. The van der Waals surface area contributed by atoms with Crippen LogP contribution in [-0.2, 0) is 16.6 Å². The zero-order valence-corrected chi connectivity index (χ0v) is 31.3. The van der Waals surface area contributed by atoms with Gasteiger partial charge in [0.25, 0.3) is 0 Å². The third-order valence-electron chi connectivity index (χ3n) is 14.5. The van der Waals surface area contributed by atoms with Gasteiger partial charge in [0.05, 0.1) is 40.4 Å². The number of allylic oxidation sites excluding steroid dienone is 4. The summed E-state index contributed by atoms with van der Waals surface area (Å²) in [6, 6.07) is 1.79. The van der Waals surface area contributed by atoms with Crippen LogP contribution >= 0.6 is 0 Å². The topological polar surface area (TPSA) is 71.7 Å². The molecule has 8 rings (SSSR count). The number of aliphatic hydroxyl groups is 2. The average molecular weight is 662 g/mol. The Morgan fingerprint density at radius 2 is 1.82 bits per heavy atom. The number of ketones is 1. The molecular weight excluding hydrogens is 606 g/mol. The monoisotopic (exact) mass is 661 g/mol. The highest BCUT2D eigenvalue weighted by Gasteiger charge is 2.68. The lowest BCUT2D eigenvalue weighted by Crippen LogP contribution is -2.61. The Bertz CT molecular complexity index is 1930. The van der Waals surface area contributed by atoms with Crippen LogP contribution < -0.4 is 0 Å². The Morgan fingerprint density at radius 3 is 2.49 bits per heavy atom. The van der Waals surface area contributed by atoms with Crippen molar-refractivity contribution >= 4 is 22.3 Å². The van der Waals surface area contributed by atoms with Crippen LogP contribution in [0.25, 0.3) is 16.5 Å². The fraction of sp³-hybridized carbons (Fsp3) is 0.568. The van der Waals surface area contributed by atoms with E-state index in [9.17, 15) is 15.0 Å². The maximum absolute atomic E-state index is 14.8. The average Bonchev–Trinajstić information content (AvgIpc) is 3.67. The van der Waals surface area contributed by atoms with E-state index in [1.54, 1.807) is 5.92 Å². The molecule has 2 aliphatic heterocycles. The molecule has 0 saturated heterocycles. The summed E-state index contributed by atoms with van der Waals surface area (Å²) >= 11 is 0. The van der Waals surface area contributed by atoms with E-state index in [-0.39, 0.29) is 27.9 Å². The lowest BCUT2D eigenvalue weighted by atomic mass is 9.40. The molecule has 2 aromatic rings. The van der Waals surface area contributed by atoms with Crippen molar-refractivity contribution in [2.24, 2.45) is 16.7 Å². The van der Waals surface area contributed by atoms with Crippen LogP contribution in [0, 0.1) is 28.6 Å². The number of rotatable bonds is 4. The van der Waals surface area contributed by atoms with Gasteiger partial charge in [-0.1, -0.05) is 63.6 Å². The van der Waals surface area contributed by atoms with Crippen molar-refractivity contribution in [1.82, 2.24) is 4.57 Å². The van der Waals surface area contributed by atoms with Gasteiger partial charge in [-0.05, 0) is 126 Å². The maximum Gasteiger partial charge on any atom is 0.192 e. The molecule has 5 heteroatoms. The first-order chi connectivity index (χ1) is 22.8. The quantitative estimate of drug-likeness (QED) is 0.253. The highest BCUT2D eigenvalue weighted by Crippen LogP contribution is 2.72. The lowest BCUT2D eigenvalue weighted by Gasteiger charge is -2.64. The first kappa shape index (κ1) is 33.4. The summed E-state index contributed by atoms with van der Waals surface area (Å²) in [5.74, 6) is 2.72. The van der Waals surface area contributed by atoms with Gasteiger partial charge in [0.1, 0.15) is 6.04 Å². The van der Waals surface area contributed by atoms with Crippen molar-refractivity contribution in [1.29, 1.82) is 0 Å². The summed E-state index contributed by atoms with van der Waals surface area (Å²) in [7, 11) is 0. The Morgan fingerprint density at radius 1 is 1.10 bits per heavy atom. The van der Waals surface area contributed by atoms with Gasteiger partial charge in [-0.25, -0.2) is 0 Å². The molecule has 4 aliphatic carbocycles. The van der Waals surface area contributed by atoms with Crippen LogP contribution in [0.4, 0.5) is 0 Å². The first-order valence-electron chi connectivity index (χ1n) is 18.6. The summed E-state index contributed by atoms with van der Waals surface area (Å²) in [5.41, 5.74) is 7.18. The minimum Gasteiger partial charge on any atom is -0.392 e. The summed E-state index contributed by atoms with van der Waals surface area (Å²) in [5, 5.41) is 25.0. The number of hydrogen-bond acceptors (Lipinski definition) is 4. The maximum atomic E-state index is 14.8. The third kappa shape index (κ3) is 4.02. The number of carbonyl (C=O) groups is 1. The van der Waals surface area contributed by atoms with Crippen LogP contribution in [0.15, 0.2) is 48.1 Å². The van der Waals surface area contributed by atoms with E-state index in [0.29, 0.717) is 5.56 Å². The number of ether oxygens (including phenoxy) is 1. The van der Waals surface area contributed by atoms with E-state index in [1.807, 2.05) is 20.8 Å². The molecule has 2 N–H and O–H groups in total. The minimum atomic E-state index is -0.912. The van der Waals surface area contributed by atoms with Crippen LogP contribution in [0.5, 0.6) is 0 Å². The Hall–Kier alpha value is -2.73. The van der Waals surface area contributed by atoms with E-state index in [1.165, 1.54) is 16.8 Å². The van der Waals surface area contributed by atoms with Gasteiger partial charge in [0, 0.05) is 27.5 Å². The second kappa shape index (κ2) is 10.2. The highest BCUT2D eigenvalue weighted by molar-refractivity contribution is 6.19. The first-order valence-corrected chi connectivity index (χ1v) is 18.6. The van der Waals surface area contributed by atoms with Crippen molar-refractivity contribution in [3.63, 3.8) is 0 Å². The number of fused-ring (bicyclic) bond motifs is 11. The molecule has 2 radical (unpaired) electrons. The number of benzene rings is 1. The zero-order chi connectivity index (χ0) is 35.4. The van der Waals surface area contributed by atoms with E-state index < -0.39 is 29.5 Å². The molecule has 2 fully saturated rings. The molecule has 0 unspecified atom stereocenters. The smallest absolute Gasteiger partial charge is 0.192 e. The second-order valence-electron chi connectivity index (χ2n) is 18.1. The van der Waals surface area contributed by atoms with Gasteiger partial charge >= 0.3 is 0 Å². The van der Waals surface area contributed by atoms with Crippen LogP contribution in [-0.4, -0.2) is 37.9 Å². The second-order valence-corrected chi connectivity index (χ2v) is 18.1. The van der Waals surface area contributed by atoms with Gasteiger partial charge in [-0.2, -0.15) is 0 Å². The van der Waals surface area contributed by atoms with Crippen molar-refractivity contribution in [3.05, 3.63) is 87.9 Å². The van der Waals surface area contributed by atoms with Crippen molar-refractivity contribution in [3.8, 4) is 0 Å². The van der Waals surface area contributed by atoms with Gasteiger partial charge in [0.2, 0.25) is 0 Å². The molecule has 3 heterocycles. The molecule has 49 heavy (non-hydrogen) atoms. The van der Waals surface area contributed by atoms with E-state index in [2.05, 4.69) is 90.0 Å². The fourth-order valence-electron chi connectivity index (χ4n) is 12.0. The highest BCUT2D eigenvalue weighted by atomic mass is 16.5. The molecule has 0 amide bonds. The molecule has 1 aromatic carbocycles. The van der Waals surface area contributed by atoms with Gasteiger partial charge in [-0.3, -0.25) is 4.79 Å². The molecule has 0 bridgehead atoms. The number of hydrogen-bond donors (Lipinski definition) is 2. The van der Waals surface area contributed by atoms with Crippen molar-refractivity contribution < 1.29 is 19.7 Å². The molecule has 260 valence electrons. The molecule has 6 aliphatic rings. The molecule has 5 nitrogen and oxygen atoms in total. The van der Waals surface area contributed by atoms with Gasteiger partial charge in [0.15, 0.2) is 5.78 Å². The number of nitrogens with zero attached hydrogens (tertiary/aromatic N) is 1. The number of aliphatic hydroxyl groups excluding tert-OH is 2. The Kier molecular flexibility index (Phi) is 6.96. The summed E-state index contributed by atoms with van der Waals surface area (Å²) in [4.78, 5) is 14.8. The number of Topliss-reactive ketones (excluding diaryl/α,β-unsaturated/α-hetero) is 1. The predicted octanol–water partition coefficient (Wildman–Crippen LogP) is 9.43. The number of aromatic nitrogens is 1. The summed E-state index contributed by atoms with van der Waals surface area (Å²) in [6.07, 6.45) is 13.2. The van der Waals surface area contributed by atoms with Crippen LogP contribution in [0.2, 0.25) is 0 Å². The van der Waals surface area contributed by atoms with E-state index in [0.717, 1.165) is 77.6 Å². The Labute approximate surface area is 293 Å². The van der Waals surface area contributed by atoms with Crippen LogP contribution in [0.3, 0.4) is 0 Å². The van der Waals surface area contributed by atoms with Crippen LogP contribution in [0.1, 0.15) is 146 Å². The summed E-state index contributed by atoms with van der Waals surface area (Å²) in [6.45, 7) is 26.2. The molecule has 2 saturated carbocycles. The molecule has 1 aromatic heterocycles. The molecular formula is C44H55NO4. The van der Waals surface area contributed by atoms with E-state index >= 15 is 0 Å². The van der Waals surface area contributed by atoms with Crippen molar-refractivity contribution in [2.75, 3.05) is 0 Å². The number of carbonyl (C=O) groups excluding carboxylic acids is 1. The Balaban J connectivity index is 1.37. The van der Waals surface area contributed by atoms with E-state index in [4.69, 9.17) is 4.74 Å². The van der Waals surface area contributed by atoms with Crippen molar-refractivity contribution in [2.45, 2.75) is 143 Å². The largest absolute Gasteiger partial charge is 0.392 e. The fourth-order valence-corrected chi connectivity index (χ4v) is 12.0. The molecule has 0 spiro atoms. The van der Waals surface area contributed by atoms with Gasteiger partial charge in [-0.15, -0.1) is 0 Å². The van der Waals surface area contributed by atoms with Gasteiger partial charge < -0.3 is 19.5 Å². The SMILES string of the molecule is C=C(C)[C@H]1C(=O)c2c3c(cc4c5c(n1c24)[C@@]1(C)[C](CC[C@H]2[C@](C)(/C=C/C=C(\C)CC)[C@@H](O)CC[C@@]21C)C5)C1=CC(C)(C)OC(C)(C)[C]1[C@@H]3O. The predicted molar refractivity (Wildman–Crippen MR) is 197 cm³/mol. The minimum absolute atomic E-state index is 0.0449. The normalized spacial score (nSPS) is 37.7.